The first-order valence-corrected chi connectivity index (χ1v) is 13.2. The SMILES string of the molecule is O=C(O)c1ccc2nc(CN3CCc4cc(C(F)(F)F)c(OCc5ccccc5)cc4C3)n(C[C@@H]3CCO3)c2c1. The molecule has 4 aromatic rings. The van der Waals surface area contributed by atoms with Gasteiger partial charge in [0.1, 0.15) is 18.2 Å². The van der Waals surface area contributed by atoms with Crippen LogP contribution in [0.4, 0.5) is 13.2 Å². The summed E-state index contributed by atoms with van der Waals surface area (Å²) in [7, 11) is 0. The predicted octanol–water partition coefficient (Wildman–Crippen LogP) is 5.68. The van der Waals surface area contributed by atoms with Gasteiger partial charge in [0.25, 0.3) is 0 Å². The van der Waals surface area contributed by atoms with Crippen molar-refractivity contribution in [2.75, 3.05) is 13.2 Å². The molecule has 0 radical (unpaired) electrons. The highest BCUT2D eigenvalue weighted by molar-refractivity contribution is 5.92. The maximum absolute atomic E-state index is 13.9. The molecule has 0 bridgehead atoms. The minimum Gasteiger partial charge on any atom is -0.488 e. The number of benzene rings is 3. The van der Waals surface area contributed by atoms with Crippen LogP contribution < -0.4 is 4.74 Å². The van der Waals surface area contributed by atoms with E-state index in [9.17, 15) is 23.1 Å². The molecule has 0 saturated carbocycles. The van der Waals surface area contributed by atoms with Crippen molar-refractivity contribution >= 4 is 17.0 Å². The molecule has 0 aliphatic carbocycles. The van der Waals surface area contributed by atoms with Gasteiger partial charge >= 0.3 is 12.1 Å². The lowest BCUT2D eigenvalue weighted by molar-refractivity contribution is -0.139. The van der Waals surface area contributed by atoms with E-state index in [2.05, 4.69) is 4.90 Å². The molecular weight excluding hydrogens is 523 g/mol. The fourth-order valence-corrected chi connectivity index (χ4v) is 5.32. The number of carbonyl (C=O) groups is 1. The molecule has 1 saturated heterocycles. The van der Waals surface area contributed by atoms with Gasteiger partial charge in [-0.15, -0.1) is 0 Å². The molecule has 2 aliphatic heterocycles. The first-order chi connectivity index (χ1) is 19.2. The second kappa shape index (κ2) is 10.6. The van der Waals surface area contributed by atoms with Crippen molar-refractivity contribution in [2.45, 2.75) is 51.4 Å². The average Bonchev–Trinajstić information content (AvgIpc) is 3.24. The smallest absolute Gasteiger partial charge is 0.419 e. The van der Waals surface area contributed by atoms with Crippen LogP contribution in [0.15, 0.2) is 60.7 Å². The van der Waals surface area contributed by atoms with Crippen LogP contribution in [0.1, 0.15) is 44.9 Å². The lowest BCUT2D eigenvalue weighted by atomic mass is 9.96. The zero-order valence-corrected chi connectivity index (χ0v) is 21.7. The second-order valence-electron chi connectivity index (χ2n) is 10.3. The largest absolute Gasteiger partial charge is 0.488 e. The maximum Gasteiger partial charge on any atom is 0.419 e. The molecule has 1 N–H and O–H groups in total. The lowest BCUT2D eigenvalue weighted by Gasteiger charge is -2.31. The van der Waals surface area contributed by atoms with Crippen LogP contribution in [0, 0.1) is 0 Å². The number of hydrogen-bond donors (Lipinski definition) is 1. The molecule has 6 rings (SSSR count). The van der Waals surface area contributed by atoms with Crippen molar-refractivity contribution < 1.29 is 32.5 Å². The highest BCUT2D eigenvalue weighted by Gasteiger charge is 2.36. The number of rotatable bonds is 8. The van der Waals surface area contributed by atoms with Crippen molar-refractivity contribution in [1.29, 1.82) is 0 Å². The maximum atomic E-state index is 13.9. The number of imidazole rings is 1. The number of carboxylic acids is 1. The normalized spacial score (nSPS) is 17.4. The highest BCUT2D eigenvalue weighted by Crippen LogP contribution is 2.40. The van der Waals surface area contributed by atoms with Crippen LogP contribution >= 0.6 is 0 Å². The van der Waals surface area contributed by atoms with E-state index in [1.54, 1.807) is 12.1 Å². The van der Waals surface area contributed by atoms with Crippen LogP contribution in [0.2, 0.25) is 0 Å². The summed E-state index contributed by atoms with van der Waals surface area (Å²) in [5.41, 5.74) is 3.10. The molecule has 208 valence electrons. The molecule has 7 nitrogen and oxygen atoms in total. The number of alkyl halides is 3. The van der Waals surface area contributed by atoms with E-state index in [1.807, 2.05) is 34.9 Å². The number of fused-ring (bicyclic) bond motifs is 2. The number of aromatic carboxylic acids is 1. The van der Waals surface area contributed by atoms with Gasteiger partial charge in [0.05, 0.1) is 41.4 Å². The Balaban J connectivity index is 1.27. The van der Waals surface area contributed by atoms with E-state index in [0.29, 0.717) is 50.3 Å². The van der Waals surface area contributed by atoms with Crippen molar-refractivity contribution in [1.82, 2.24) is 14.5 Å². The number of carboxylic acid groups (broad SMARTS) is 1. The van der Waals surface area contributed by atoms with E-state index >= 15 is 0 Å². The predicted molar refractivity (Wildman–Crippen MR) is 141 cm³/mol. The third-order valence-corrected chi connectivity index (χ3v) is 7.55. The third kappa shape index (κ3) is 5.41. The van der Waals surface area contributed by atoms with Gasteiger partial charge < -0.3 is 19.1 Å². The van der Waals surface area contributed by atoms with Crippen LogP contribution in [0.25, 0.3) is 11.0 Å². The molecule has 1 fully saturated rings. The lowest BCUT2D eigenvalue weighted by Crippen LogP contribution is -2.34. The molecule has 40 heavy (non-hydrogen) atoms. The summed E-state index contributed by atoms with van der Waals surface area (Å²) in [5.74, 6) is -0.413. The van der Waals surface area contributed by atoms with E-state index in [1.165, 1.54) is 18.2 Å². The minimum absolute atomic E-state index is 0.0387. The van der Waals surface area contributed by atoms with Gasteiger partial charge in [0.15, 0.2) is 0 Å². The minimum atomic E-state index is -4.53. The Hall–Kier alpha value is -3.89. The van der Waals surface area contributed by atoms with Crippen molar-refractivity contribution in [2.24, 2.45) is 0 Å². The number of halogens is 3. The van der Waals surface area contributed by atoms with Gasteiger partial charge in [0.2, 0.25) is 0 Å². The first-order valence-electron chi connectivity index (χ1n) is 13.2. The topological polar surface area (TPSA) is 76.8 Å². The Kier molecular flexibility index (Phi) is 6.97. The molecule has 3 aromatic carbocycles. The van der Waals surface area contributed by atoms with Gasteiger partial charge in [0, 0.05) is 19.7 Å². The molecular formula is C30H28F3N3O4. The standard InChI is InChI=1S/C30H28F3N3O4/c31-30(32,33)24-12-20-8-10-35(15-22(20)14-27(24)40-18-19-4-2-1-3-5-19)17-28-34-25-7-6-21(29(37)38)13-26(25)36(28)16-23-9-11-39-23/h1-7,12-14,23H,8-11,15-18H2,(H,37,38)/t23-/m0/s1. The van der Waals surface area contributed by atoms with Crippen molar-refractivity contribution in [3.05, 3.63) is 94.3 Å². The van der Waals surface area contributed by atoms with Crippen LogP contribution in [0.5, 0.6) is 5.75 Å². The van der Waals surface area contributed by atoms with E-state index in [-0.39, 0.29) is 24.0 Å². The molecule has 0 spiro atoms. The zero-order chi connectivity index (χ0) is 27.9. The van der Waals surface area contributed by atoms with Crippen LogP contribution in [-0.2, 0) is 43.6 Å². The Morgan fingerprint density at radius 1 is 1.10 bits per heavy atom. The number of hydrogen-bond acceptors (Lipinski definition) is 5. The van der Waals surface area contributed by atoms with Crippen molar-refractivity contribution in [3.63, 3.8) is 0 Å². The summed E-state index contributed by atoms with van der Waals surface area (Å²) in [6.45, 7) is 2.77. The first kappa shape index (κ1) is 26.3. The molecule has 0 unspecified atom stereocenters. The van der Waals surface area contributed by atoms with E-state index in [0.717, 1.165) is 28.9 Å². The molecule has 1 aromatic heterocycles. The van der Waals surface area contributed by atoms with Crippen LogP contribution in [-0.4, -0.2) is 44.8 Å². The van der Waals surface area contributed by atoms with Gasteiger partial charge in [-0.1, -0.05) is 30.3 Å². The zero-order valence-electron chi connectivity index (χ0n) is 21.7. The number of aromatic nitrogens is 2. The molecule has 0 amide bonds. The molecule has 2 aliphatic rings. The molecule has 1 atom stereocenters. The van der Waals surface area contributed by atoms with Gasteiger partial charge in [-0.25, -0.2) is 9.78 Å². The summed E-state index contributed by atoms with van der Waals surface area (Å²) in [6, 6.07) is 16.7. The number of nitrogens with zero attached hydrogens (tertiary/aromatic N) is 3. The molecule has 3 heterocycles. The Bertz CT molecular complexity index is 1550. The van der Waals surface area contributed by atoms with Crippen molar-refractivity contribution in [3.8, 4) is 5.75 Å². The highest BCUT2D eigenvalue weighted by atomic mass is 19.4. The third-order valence-electron chi connectivity index (χ3n) is 7.55. The Morgan fingerprint density at radius 3 is 2.60 bits per heavy atom. The fourth-order valence-electron chi connectivity index (χ4n) is 5.32. The van der Waals surface area contributed by atoms with Gasteiger partial charge in [-0.2, -0.15) is 13.2 Å². The van der Waals surface area contributed by atoms with Gasteiger partial charge in [-0.3, -0.25) is 4.90 Å². The summed E-state index contributed by atoms with van der Waals surface area (Å²) >= 11 is 0. The number of ether oxygens (including phenoxy) is 2. The quantitative estimate of drug-likeness (QED) is 0.304. The van der Waals surface area contributed by atoms with E-state index in [4.69, 9.17) is 14.5 Å². The summed E-state index contributed by atoms with van der Waals surface area (Å²) in [4.78, 5) is 18.5. The fraction of sp³-hybridized carbons (Fsp3) is 0.333. The van der Waals surface area contributed by atoms with Gasteiger partial charge in [-0.05, 0) is 59.9 Å². The monoisotopic (exact) mass is 551 g/mol. The summed E-state index contributed by atoms with van der Waals surface area (Å²) < 4.78 is 55.1. The van der Waals surface area contributed by atoms with Crippen LogP contribution in [0.3, 0.4) is 0 Å². The summed E-state index contributed by atoms with van der Waals surface area (Å²) in [6.07, 6.45) is -3.10. The Labute approximate surface area is 228 Å². The average molecular weight is 552 g/mol. The molecule has 10 heteroatoms. The second-order valence-corrected chi connectivity index (χ2v) is 10.3. The van der Waals surface area contributed by atoms with E-state index < -0.39 is 17.7 Å². The Morgan fingerprint density at radius 2 is 1.90 bits per heavy atom. The summed E-state index contributed by atoms with van der Waals surface area (Å²) in [5, 5.41) is 9.49.